The van der Waals surface area contributed by atoms with Crippen LogP contribution >= 0.6 is 0 Å². The van der Waals surface area contributed by atoms with Crippen LogP contribution in [0.25, 0.3) is 0 Å². The van der Waals surface area contributed by atoms with Crippen LogP contribution in [0, 0.1) is 6.92 Å². The van der Waals surface area contributed by atoms with Gasteiger partial charge in [-0.1, -0.05) is 22.8 Å². The Kier molecular flexibility index (Phi) is 7.67. The topological polar surface area (TPSA) is 116 Å². The van der Waals surface area contributed by atoms with Gasteiger partial charge in [-0.3, -0.25) is 0 Å². The Hall–Kier alpha value is -3.15. The van der Waals surface area contributed by atoms with Crippen molar-refractivity contribution in [2.75, 3.05) is 31.2 Å². The molecular formula is C21H26N6O4S. The van der Waals surface area contributed by atoms with Crippen LogP contribution in [0.1, 0.15) is 5.56 Å². The monoisotopic (exact) mass is 458 g/mol. The van der Waals surface area contributed by atoms with E-state index in [9.17, 15) is 13.0 Å². The molecule has 10 nitrogen and oxygen atoms in total. The fraction of sp³-hybridized carbons (Fsp3) is 0.333. The molecule has 1 aromatic heterocycles. The largest absolute Gasteiger partial charge is 0.744 e. The van der Waals surface area contributed by atoms with E-state index in [-0.39, 0.29) is 4.90 Å². The highest BCUT2D eigenvalue weighted by Crippen LogP contribution is 2.21. The van der Waals surface area contributed by atoms with E-state index in [4.69, 9.17) is 4.74 Å². The summed E-state index contributed by atoms with van der Waals surface area (Å²) in [4.78, 5) is 2.13. The van der Waals surface area contributed by atoms with E-state index >= 15 is 0 Å². The third-order valence-electron chi connectivity index (χ3n) is 4.79. The minimum absolute atomic E-state index is 0.178. The van der Waals surface area contributed by atoms with Crippen LogP contribution in [-0.2, 0) is 29.0 Å². The van der Waals surface area contributed by atoms with E-state index < -0.39 is 10.1 Å². The van der Waals surface area contributed by atoms with Crippen LogP contribution in [0.15, 0.2) is 70.0 Å². The highest BCUT2D eigenvalue weighted by molar-refractivity contribution is 7.85. The fourth-order valence-electron chi connectivity index (χ4n) is 2.98. The van der Waals surface area contributed by atoms with E-state index in [0.29, 0.717) is 5.95 Å². The summed E-state index contributed by atoms with van der Waals surface area (Å²) in [5, 5.41) is 12.6. The average Bonchev–Trinajstić information content (AvgIpc) is 3.11. The summed E-state index contributed by atoms with van der Waals surface area (Å²) in [5.41, 5.74) is 2.95. The molecule has 1 aliphatic heterocycles. The number of hydrogen-bond donors (Lipinski definition) is 0. The number of benzene rings is 2. The summed E-state index contributed by atoms with van der Waals surface area (Å²) in [6.45, 7) is 5.27. The Balaban J connectivity index is 0.000000222. The van der Waals surface area contributed by atoms with Gasteiger partial charge < -0.3 is 14.2 Å². The predicted octanol–water partition coefficient (Wildman–Crippen LogP) is 2.40. The highest BCUT2D eigenvalue weighted by atomic mass is 32.2. The van der Waals surface area contributed by atoms with Gasteiger partial charge in [-0.2, -0.15) is 0 Å². The molecule has 3 aromatic rings. The summed E-state index contributed by atoms with van der Waals surface area (Å²) in [6.07, 6.45) is 1.70. The van der Waals surface area contributed by atoms with E-state index in [0.717, 1.165) is 37.6 Å². The first-order valence-electron chi connectivity index (χ1n) is 9.99. The number of aryl methyl sites for hydroxylation is 3. The minimum Gasteiger partial charge on any atom is -0.744 e. The average molecular weight is 459 g/mol. The first-order chi connectivity index (χ1) is 15.2. The number of hydrogen-bond acceptors (Lipinski definition) is 8. The maximum absolute atomic E-state index is 10.4. The third-order valence-corrected chi connectivity index (χ3v) is 5.64. The molecule has 0 atom stereocenters. The zero-order valence-corrected chi connectivity index (χ0v) is 19.1. The quantitative estimate of drug-likeness (QED) is 0.337. The normalized spacial score (nSPS) is 14.3. The standard InChI is InChI=1S/C14H19N6O.C7H8O3S/c1-18-11-15-19(2)14(18)17-16-12-3-5-13(6-4-12)20-7-9-21-10-8-20;1-6-2-4-7(5-3-6)11(8,9)10/h3-6,11H,7-10H2,1-2H3;2-5H,1H3,(H,8,9,10)/q+1;/p-1. The number of rotatable bonds is 4. The maximum Gasteiger partial charge on any atom is 0.403 e. The van der Waals surface area contributed by atoms with Crippen molar-refractivity contribution in [3.63, 3.8) is 0 Å². The van der Waals surface area contributed by atoms with Crippen molar-refractivity contribution < 1.29 is 22.3 Å². The van der Waals surface area contributed by atoms with Gasteiger partial charge in [0, 0.05) is 23.9 Å². The van der Waals surface area contributed by atoms with E-state index in [1.807, 2.05) is 37.7 Å². The van der Waals surface area contributed by atoms with Crippen LogP contribution in [0.5, 0.6) is 0 Å². The first-order valence-corrected chi connectivity index (χ1v) is 11.4. The van der Waals surface area contributed by atoms with Crippen molar-refractivity contribution in [3.05, 3.63) is 60.4 Å². The number of morpholine rings is 1. The van der Waals surface area contributed by atoms with E-state index in [1.54, 1.807) is 23.1 Å². The fourth-order valence-corrected chi connectivity index (χ4v) is 3.45. The number of anilines is 1. The zero-order valence-electron chi connectivity index (χ0n) is 18.2. The van der Waals surface area contributed by atoms with Crippen LogP contribution < -0.4 is 9.47 Å². The van der Waals surface area contributed by atoms with Gasteiger partial charge >= 0.3 is 5.95 Å². The molecule has 4 rings (SSSR count). The molecule has 2 aromatic carbocycles. The van der Waals surface area contributed by atoms with Gasteiger partial charge in [0.2, 0.25) is 6.33 Å². The molecule has 0 radical (unpaired) electrons. The van der Waals surface area contributed by atoms with Crippen molar-refractivity contribution in [3.8, 4) is 0 Å². The molecule has 2 heterocycles. The molecule has 11 heteroatoms. The van der Waals surface area contributed by atoms with Crippen LogP contribution in [-0.4, -0.2) is 49.1 Å². The Morgan fingerprint density at radius 2 is 1.66 bits per heavy atom. The Morgan fingerprint density at radius 3 is 2.19 bits per heavy atom. The molecule has 1 aliphatic rings. The van der Waals surface area contributed by atoms with Gasteiger partial charge in [0.05, 0.1) is 37.9 Å². The summed E-state index contributed by atoms with van der Waals surface area (Å²) in [5.74, 6) is 0.701. The SMILES string of the molecule is Cc1ccc(S(=O)(=O)[O-])cc1.Cn1nc[n+](C)c1N=Nc1ccc(N2CCOCC2)cc1. The molecule has 170 valence electrons. The van der Waals surface area contributed by atoms with E-state index in [2.05, 4.69) is 32.4 Å². The summed E-state index contributed by atoms with van der Waals surface area (Å²) in [7, 11) is -0.535. The van der Waals surface area contributed by atoms with Crippen LogP contribution in [0.2, 0.25) is 0 Å². The zero-order chi connectivity index (χ0) is 23.1. The molecule has 0 unspecified atom stereocenters. The Bertz CT molecular complexity index is 1130. The molecule has 0 bridgehead atoms. The first kappa shape index (κ1) is 23.5. The lowest BCUT2D eigenvalue weighted by Gasteiger charge is -2.28. The summed E-state index contributed by atoms with van der Waals surface area (Å²) >= 11 is 0. The predicted molar refractivity (Wildman–Crippen MR) is 117 cm³/mol. The second kappa shape index (κ2) is 10.4. The van der Waals surface area contributed by atoms with Gasteiger partial charge in [-0.05, 0) is 48.4 Å². The van der Waals surface area contributed by atoms with E-state index in [1.165, 1.54) is 17.8 Å². The molecule has 1 fully saturated rings. The van der Waals surface area contributed by atoms with Crippen LogP contribution in [0.3, 0.4) is 0 Å². The number of azo groups is 1. The van der Waals surface area contributed by atoms with Crippen LogP contribution in [0.4, 0.5) is 17.3 Å². The Labute approximate surface area is 187 Å². The van der Waals surface area contributed by atoms with Gasteiger partial charge in [-0.25, -0.2) is 13.0 Å². The molecule has 0 N–H and O–H groups in total. The number of ether oxygens (including phenoxy) is 1. The molecular weight excluding hydrogens is 432 g/mol. The van der Waals surface area contributed by atoms with Gasteiger partial charge in [0.15, 0.2) is 0 Å². The number of aromatic nitrogens is 3. The third kappa shape index (κ3) is 6.42. The van der Waals surface area contributed by atoms with Crippen molar-refractivity contribution >= 4 is 27.4 Å². The lowest BCUT2D eigenvalue weighted by atomic mass is 10.2. The molecule has 0 aliphatic carbocycles. The molecule has 0 spiro atoms. The minimum atomic E-state index is -4.27. The molecule has 32 heavy (non-hydrogen) atoms. The smallest absolute Gasteiger partial charge is 0.403 e. The lowest BCUT2D eigenvalue weighted by Crippen LogP contribution is -2.36. The van der Waals surface area contributed by atoms with Crippen molar-refractivity contribution in [1.82, 2.24) is 9.78 Å². The Morgan fingerprint density at radius 1 is 1.03 bits per heavy atom. The maximum atomic E-state index is 10.4. The van der Waals surface area contributed by atoms with Crippen molar-refractivity contribution in [1.29, 1.82) is 0 Å². The van der Waals surface area contributed by atoms with Crippen molar-refractivity contribution in [2.45, 2.75) is 11.8 Å². The second-order valence-corrected chi connectivity index (χ2v) is 8.63. The molecule has 0 amide bonds. The second-order valence-electron chi connectivity index (χ2n) is 7.25. The van der Waals surface area contributed by atoms with Crippen molar-refractivity contribution in [2.24, 2.45) is 24.3 Å². The van der Waals surface area contributed by atoms with Gasteiger partial charge in [-0.15, -0.1) is 4.68 Å². The van der Waals surface area contributed by atoms with Gasteiger partial charge in [0.1, 0.15) is 10.1 Å². The highest BCUT2D eigenvalue weighted by Gasteiger charge is 2.12. The molecule has 0 saturated carbocycles. The van der Waals surface area contributed by atoms with Gasteiger partial charge in [0.25, 0.3) is 0 Å². The number of nitrogens with zero attached hydrogens (tertiary/aromatic N) is 6. The summed E-state index contributed by atoms with van der Waals surface area (Å²) in [6, 6.07) is 13.9. The molecule has 1 saturated heterocycles. The summed E-state index contributed by atoms with van der Waals surface area (Å²) < 4.78 is 40.0. The lowest BCUT2D eigenvalue weighted by molar-refractivity contribution is -0.659.